The summed E-state index contributed by atoms with van der Waals surface area (Å²) in [7, 11) is 4.13. The number of hydrogen-bond acceptors (Lipinski definition) is 6. The molecule has 5 radical (unpaired) electrons. The van der Waals surface area contributed by atoms with Crippen molar-refractivity contribution in [1.82, 2.24) is 56.1 Å². The standard InChI is InChI=1S/C21H11N2.C18H12N3.C17H9N2O.C17H9N2.C14H10N3.5Ir/c1-2-7-18-17(6-1)22-21-16-11-10-14-5-3-4-13-8-9-15(12-23(18)21)20(16)19(13)14;1-20-10-9-12-11-21-15-7-3-2-6-14(15)19-18(21)13-5-4-8-16(20)17(12)13;1-2-6-14-13(5-1)18-17-12-4-3-7-15-16(12)11(8-9-20-15)10-19(14)17;1-2-11-4-5-13-10-19-9-8-18-17(19)14-7-6-12(3-1)15(11)16(13)14;1-16-7-5-10-9-17-8-6-15-14(17)11-3-2-4-12(16)13(10)11;;;;;/h1-10,12H;2-4,6-11H,1H3;1-3,5-10H;1-6,8-10H;2,4-9H,1H3;;;;;/q5*-1;;;;;. The molecule has 0 fully saturated rings. The maximum absolute atomic E-state index is 5.58. The second-order valence-electron chi connectivity index (χ2n) is 25.6. The Morgan fingerprint density at radius 2 is 0.676 bits per heavy atom. The van der Waals surface area contributed by atoms with E-state index in [-0.39, 0.29) is 101 Å². The van der Waals surface area contributed by atoms with E-state index in [4.69, 9.17) is 19.4 Å². The van der Waals surface area contributed by atoms with E-state index in [1.807, 2.05) is 89.9 Å². The van der Waals surface area contributed by atoms with E-state index in [9.17, 15) is 0 Å². The second-order valence-corrected chi connectivity index (χ2v) is 25.6. The van der Waals surface area contributed by atoms with E-state index in [1.165, 1.54) is 86.4 Å². The number of nitrogens with zero attached hydrogens (tertiary/aromatic N) is 12. The summed E-state index contributed by atoms with van der Waals surface area (Å²) in [6, 6.07) is 85.6. The van der Waals surface area contributed by atoms with Crippen molar-refractivity contribution in [3.63, 3.8) is 0 Å². The first-order valence-electron chi connectivity index (χ1n) is 33.1. The van der Waals surface area contributed by atoms with Crippen LogP contribution in [-0.4, -0.2) is 56.1 Å². The third-order valence-corrected chi connectivity index (χ3v) is 20.0. The molecule has 0 bridgehead atoms. The van der Waals surface area contributed by atoms with Crippen LogP contribution in [0.1, 0.15) is 0 Å². The SMILES string of the molecule is Cn1ccc2cn3c4ccccc4nc3c3[c-]ccc1c23.Cn1ccc2cn3ccnc3c3[c-]ccc1c23.[Ir].[Ir].[Ir].[Ir].[Ir].[c-]1cc2cccc3ccc4cn5c6ccccc6nc5c1c4c23.[c-]1cc2cccc3ccc4cn5ccnc5c1c4c23.[c-]1ccc2occc3cn4c5ccccc5nc4c1c32. The minimum atomic E-state index is 0. The molecule has 13 nitrogen and oxygen atoms in total. The molecule has 0 atom stereocenters. The van der Waals surface area contributed by atoms with E-state index < -0.39 is 0 Å². The molecule has 0 N–H and O–H groups in total. The Morgan fingerprint density at radius 1 is 0.295 bits per heavy atom. The van der Waals surface area contributed by atoms with Gasteiger partial charge in [-0.05, 0) is 122 Å². The average Bonchev–Trinajstić information content (AvgIpc) is 1.72. The average molecular weight is 2240 g/mol. The summed E-state index contributed by atoms with van der Waals surface area (Å²) in [6.45, 7) is 0. The number of imidazole rings is 5. The quantitative estimate of drug-likeness (QED) is 0.110. The van der Waals surface area contributed by atoms with Crippen molar-refractivity contribution in [3.8, 4) is 0 Å². The van der Waals surface area contributed by atoms with Crippen molar-refractivity contribution < 1.29 is 105 Å². The first kappa shape index (κ1) is 69.0. The molecule has 25 rings (SSSR count). The number of fused-ring (bicyclic) bond motifs is 16. The largest absolute Gasteiger partial charge is 0.484 e. The monoisotopic (exact) mass is 2240 g/mol. The molecule has 0 unspecified atom stereocenters. The van der Waals surface area contributed by atoms with Crippen molar-refractivity contribution >= 4 is 191 Å². The van der Waals surface area contributed by atoms with Crippen LogP contribution in [-0.2, 0) is 115 Å². The third-order valence-electron chi connectivity index (χ3n) is 20.0. The molecule has 105 heavy (non-hydrogen) atoms. The number of benzene rings is 12. The van der Waals surface area contributed by atoms with Crippen LogP contribution in [0.15, 0.2) is 279 Å². The zero-order valence-corrected chi connectivity index (χ0v) is 67.4. The van der Waals surface area contributed by atoms with Gasteiger partial charge in [-0.1, -0.05) is 179 Å². The molecule has 0 saturated carbocycles. The Kier molecular flexibility index (Phi) is 17.9. The molecule has 0 saturated heterocycles. The summed E-state index contributed by atoms with van der Waals surface area (Å²) < 4.78 is 20.5. The van der Waals surface area contributed by atoms with Crippen LogP contribution in [0.25, 0.3) is 191 Å². The van der Waals surface area contributed by atoms with Gasteiger partial charge in [-0.3, -0.25) is 24.9 Å². The smallest absolute Gasteiger partial charge is 0.0885 e. The zero-order valence-electron chi connectivity index (χ0n) is 55.4. The second kappa shape index (κ2) is 27.3. The van der Waals surface area contributed by atoms with Gasteiger partial charge in [-0.15, -0.1) is 72.8 Å². The molecular formula is C87H51Ir5N12O-5. The maximum atomic E-state index is 5.58. The van der Waals surface area contributed by atoms with Gasteiger partial charge in [-0.25, -0.2) is 0 Å². The van der Waals surface area contributed by atoms with Crippen molar-refractivity contribution in [2.75, 3.05) is 0 Å². The van der Waals surface area contributed by atoms with E-state index in [0.29, 0.717) is 0 Å². The summed E-state index contributed by atoms with van der Waals surface area (Å²) in [6.07, 6.45) is 24.3. The molecule has 0 amide bonds. The van der Waals surface area contributed by atoms with Gasteiger partial charge in [-0.2, -0.15) is 0 Å². The predicted molar refractivity (Wildman–Crippen MR) is 405 cm³/mol. The summed E-state index contributed by atoms with van der Waals surface area (Å²) >= 11 is 0. The normalized spacial score (nSPS) is 11.5. The van der Waals surface area contributed by atoms with Crippen LogP contribution in [0, 0.1) is 30.3 Å². The Balaban J connectivity index is 0.0000001000. The van der Waals surface area contributed by atoms with Gasteiger partial charge in [0.2, 0.25) is 0 Å². The minimum absolute atomic E-state index is 0. The molecule has 18 heteroatoms. The first-order valence-corrected chi connectivity index (χ1v) is 33.1. The Bertz CT molecular complexity index is 7590. The van der Waals surface area contributed by atoms with Gasteiger partial charge < -0.3 is 35.6 Å². The number of rotatable bonds is 0. The number of aryl methyl sites for hydroxylation is 2. The number of aromatic nitrogens is 12. The molecular weight excluding hydrogens is 2190 g/mol. The number of hydrogen-bond donors (Lipinski definition) is 0. The maximum Gasteiger partial charge on any atom is 0.0885 e. The van der Waals surface area contributed by atoms with Crippen molar-refractivity contribution in [2.24, 2.45) is 14.1 Å². The minimum Gasteiger partial charge on any atom is -0.484 e. The fourth-order valence-corrected chi connectivity index (χ4v) is 15.5. The van der Waals surface area contributed by atoms with Crippen LogP contribution >= 0.6 is 0 Å². The summed E-state index contributed by atoms with van der Waals surface area (Å²) in [4.78, 5) is 23.2. The van der Waals surface area contributed by atoms with Crippen LogP contribution in [0.4, 0.5) is 0 Å². The van der Waals surface area contributed by atoms with E-state index in [2.05, 4.69) is 264 Å². The van der Waals surface area contributed by atoms with E-state index in [0.717, 1.165) is 105 Å². The summed E-state index contributed by atoms with van der Waals surface area (Å²) in [5, 5.41) is 25.1. The van der Waals surface area contributed by atoms with Gasteiger partial charge >= 0.3 is 0 Å². The van der Waals surface area contributed by atoms with E-state index >= 15 is 0 Å². The summed E-state index contributed by atoms with van der Waals surface area (Å²) in [5.41, 5.74) is 14.5. The van der Waals surface area contributed by atoms with Crippen LogP contribution in [0.2, 0.25) is 0 Å². The van der Waals surface area contributed by atoms with Crippen molar-refractivity contribution in [1.29, 1.82) is 0 Å². The molecule has 0 aliphatic rings. The Hall–Kier alpha value is -10.4. The molecule has 0 aliphatic heterocycles. The summed E-state index contributed by atoms with van der Waals surface area (Å²) in [5.74, 6) is 0. The number of pyridine rings is 7. The van der Waals surface area contributed by atoms with Gasteiger partial charge in [0.25, 0.3) is 0 Å². The zero-order chi connectivity index (χ0) is 65.8. The molecule has 25 aromatic rings. The molecule has 515 valence electrons. The molecule has 13 heterocycles. The fourth-order valence-electron chi connectivity index (χ4n) is 15.5. The Labute approximate surface area is 664 Å². The van der Waals surface area contributed by atoms with E-state index in [1.54, 1.807) is 6.26 Å². The topological polar surface area (TPSA) is 110 Å². The van der Waals surface area contributed by atoms with Gasteiger partial charge in [0.15, 0.2) is 0 Å². The van der Waals surface area contributed by atoms with Gasteiger partial charge in [0, 0.05) is 164 Å². The predicted octanol–water partition coefficient (Wildman–Crippen LogP) is 20.1. The van der Waals surface area contributed by atoms with Gasteiger partial charge in [0.1, 0.15) is 0 Å². The molecule has 0 aliphatic carbocycles. The molecule has 13 aromatic heterocycles. The van der Waals surface area contributed by atoms with Crippen molar-refractivity contribution in [2.45, 2.75) is 0 Å². The molecule has 12 aromatic carbocycles. The van der Waals surface area contributed by atoms with Crippen molar-refractivity contribution in [3.05, 3.63) is 305 Å². The van der Waals surface area contributed by atoms with Gasteiger partial charge in [0.05, 0.1) is 73.2 Å². The third kappa shape index (κ3) is 10.9. The van der Waals surface area contributed by atoms with Crippen LogP contribution in [0.3, 0.4) is 0 Å². The fraction of sp³-hybridized carbons (Fsp3) is 0.0230. The van der Waals surface area contributed by atoms with Crippen LogP contribution in [0.5, 0.6) is 0 Å². The molecule has 0 spiro atoms. The number of para-hydroxylation sites is 6. The van der Waals surface area contributed by atoms with Crippen LogP contribution < -0.4 is 0 Å². The first-order chi connectivity index (χ1) is 49.4. The Morgan fingerprint density at radius 3 is 1.17 bits per heavy atom.